The second kappa shape index (κ2) is 10.4. The summed E-state index contributed by atoms with van der Waals surface area (Å²) in [6.07, 6.45) is 4.49. The van der Waals surface area contributed by atoms with Crippen molar-refractivity contribution in [3.63, 3.8) is 0 Å². The molecular weight excluding hydrogens is 457 g/mol. The van der Waals surface area contributed by atoms with Crippen LogP contribution in [0.4, 0.5) is 4.39 Å². The van der Waals surface area contributed by atoms with Crippen LogP contribution in [0.25, 0.3) is 11.0 Å². The zero-order valence-corrected chi connectivity index (χ0v) is 20.2. The van der Waals surface area contributed by atoms with Crippen LogP contribution >= 0.6 is 0 Å². The Morgan fingerprint density at radius 3 is 2.47 bits per heavy atom. The van der Waals surface area contributed by atoms with Crippen molar-refractivity contribution < 1.29 is 18.3 Å². The zero-order valence-electron chi connectivity index (χ0n) is 20.2. The summed E-state index contributed by atoms with van der Waals surface area (Å²) >= 11 is 0. The Hall–Kier alpha value is -3.93. The molecule has 2 heterocycles. The molecule has 3 aromatic carbocycles. The van der Waals surface area contributed by atoms with E-state index in [1.807, 2.05) is 54.6 Å². The lowest BCUT2D eigenvalue weighted by atomic mass is 9.98. The predicted octanol–water partition coefficient (Wildman–Crippen LogP) is 6.64. The second-order valence-corrected chi connectivity index (χ2v) is 9.11. The van der Waals surface area contributed by atoms with Gasteiger partial charge in [-0.15, -0.1) is 0 Å². The van der Waals surface area contributed by atoms with Gasteiger partial charge in [-0.1, -0.05) is 68.7 Å². The van der Waals surface area contributed by atoms with Crippen molar-refractivity contribution in [3.8, 4) is 5.75 Å². The van der Waals surface area contributed by atoms with Crippen molar-refractivity contribution >= 4 is 16.9 Å². The standard InChI is InChI=1S/C30H28FNO4/c1-2-3-4-8-17-35-23-14-11-21(12-15-23)27-26-28(33)24-18-22(31)13-16-25(24)36-29(26)30(34)32(27)19-20-9-6-5-7-10-20/h5-7,9-16,18,27H,2-4,8,17,19H2,1H3. The highest BCUT2D eigenvalue weighted by Crippen LogP contribution is 2.39. The lowest BCUT2D eigenvalue weighted by molar-refractivity contribution is 0.0714. The molecule has 5 nitrogen and oxygen atoms in total. The molecule has 0 radical (unpaired) electrons. The number of hydrogen-bond acceptors (Lipinski definition) is 4. The molecule has 0 bridgehead atoms. The number of carbonyl (C=O) groups is 1. The molecule has 5 rings (SSSR count). The number of ether oxygens (including phenoxy) is 1. The summed E-state index contributed by atoms with van der Waals surface area (Å²) in [6, 6.07) is 20.2. The van der Waals surface area contributed by atoms with Crippen LogP contribution in [0.15, 0.2) is 82.0 Å². The van der Waals surface area contributed by atoms with Crippen LogP contribution in [-0.4, -0.2) is 17.4 Å². The first-order valence-electron chi connectivity index (χ1n) is 12.4. The van der Waals surface area contributed by atoms with E-state index in [9.17, 15) is 14.0 Å². The number of fused-ring (bicyclic) bond motifs is 2. The molecule has 184 valence electrons. The number of amides is 1. The maximum Gasteiger partial charge on any atom is 0.291 e. The number of halogens is 1. The number of hydrogen-bond donors (Lipinski definition) is 0. The molecule has 1 unspecified atom stereocenters. The summed E-state index contributed by atoms with van der Waals surface area (Å²) in [6.45, 7) is 3.12. The van der Waals surface area contributed by atoms with E-state index in [2.05, 4.69) is 6.92 Å². The van der Waals surface area contributed by atoms with Crippen LogP contribution in [0.5, 0.6) is 5.75 Å². The van der Waals surface area contributed by atoms with Gasteiger partial charge >= 0.3 is 0 Å². The van der Waals surface area contributed by atoms with Gasteiger partial charge in [-0.2, -0.15) is 0 Å². The van der Waals surface area contributed by atoms with Gasteiger partial charge in [0, 0.05) is 6.54 Å². The fourth-order valence-corrected chi connectivity index (χ4v) is 4.75. The number of benzene rings is 3. The summed E-state index contributed by atoms with van der Waals surface area (Å²) < 4.78 is 25.7. The van der Waals surface area contributed by atoms with Gasteiger partial charge in [0.1, 0.15) is 17.1 Å². The number of carbonyl (C=O) groups excluding carboxylic acids is 1. The number of rotatable bonds is 9. The minimum atomic E-state index is -0.657. The summed E-state index contributed by atoms with van der Waals surface area (Å²) in [4.78, 5) is 28.7. The Morgan fingerprint density at radius 2 is 1.72 bits per heavy atom. The van der Waals surface area contributed by atoms with E-state index in [0.717, 1.165) is 35.8 Å². The van der Waals surface area contributed by atoms with Gasteiger partial charge in [-0.25, -0.2) is 4.39 Å². The SMILES string of the molecule is CCCCCCOc1ccc(C2c3c(oc4ccc(F)cc4c3=O)C(=O)N2Cc2ccccc2)cc1. The zero-order chi connectivity index (χ0) is 25.1. The van der Waals surface area contributed by atoms with Crippen molar-refractivity contribution in [1.82, 2.24) is 4.90 Å². The molecule has 36 heavy (non-hydrogen) atoms. The van der Waals surface area contributed by atoms with E-state index in [1.54, 1.807) is 4.90 Å². The highest BCUT2D eigenvalue weighted by Gasteiger charge is 2.42. The first kappa shape index (κ1) is 23.8. The van der Waals surface area contributed by atoms with Crippen LogP contribution in [-0.2, 0) is 6.54 Å². The van der Waals surface area contributed by atoms with Crippen LogP contribution in [0, 0.1) is 5.82 Å². The predicted molar refractivity (Wildman–Crippen MR) is 137 cm³/mol. The van der Waals surface area contributed by atoms with Gasteiger partial charge < -0.3 is 14.1 Å². The second-order valence-electron chi connectivity index (χ2n) is 9.11. The summed E-state index contributed by atoms with van der Waals surface area (Å²) in [7, 11) is 0. The molecule has 1 amide bonds. The van der Waals surface area contributed by atoms with E-state index >= 15 is 0 Å². The molecule has 1 aromatic heterocycles. The molecule has 0 N–H and O–H groups in total. The summed E-state index contributed by atoms with van der Waals surface area (Å²) in [5, 5.41) is 0.125. The molecule has 1 atom stereocenters. The van der Waals surface area contributed by atoms with E-state index in [4.69, 9.17) is 9.15 Å². The Morgan fingerprint density at radius 1 is 0.944 bits per heavy atom. The first-order chi connectivity index (χ1) is 17.6. The summed E-state index contributed by atoms with van der Waals surface area (Å²) in [5.41, 5.74) is 1.73. The van der Waals surface area contributed by atoms with Crippen molar-refractivity contribution in [2.75, 3.05) is 6.61 Å². The average molecular weight is 486 g/mol. The van der Waals surface area contributed by atoms with E-state index in [-0.39, 0.29) is 28.2 Å². The summed E-state index contributed by atoms with van der Waals surface area (Å²) in [5.74, 6) is -0.144. The first-order valence-corrected chi connectivity index (χ1v) is 12.4. The third-order valence-electron chi connectivity index (χ3n) is 6.59. The Kier molecular flexibility index (Phi) is 6.85. The molecule has 1 aliphatic heterocycles. The van der Waals surface area contributed by atoms with Gasteiger partial charge in [0.25, 0.3) is 5.91 Å². The number of nitrogens with zero attached hydrogens (tertiary/aromatic N) is 1. The molecule has 1 aliphatic rings. The van der Waals surface area contributed by atoms with Crippen LogP contribution < -0.4 is 10.2 Å². The van der Waals surface area contributed by atoms with Crippen LogP contribution in [0.1, 0.15) is 65.9 Å². The smallest absolute Gasteiger partial charge is 0.291 e. The van der Waals surface area contributed by atoms with Gasteiger partial charge in [0.15, 0.2) is 5.43 Å². The Bertz CT molecular complexity index is 1430. The minimum Gasteiger partial charge on any atom is -0.494 e. The highest BCUT2D eigenvalue weighted by atomic mass is 19.1. The van der Waals surface area contributed by atoms with E-state index < -0.39 is 17.3 Å². The van der Waals surface area contributed by atoms with Crippen molar-refractivity contribution in [3.05, 3.63) is 111 Å². The normalized spacial score (nSPS) is 14.9. The van der Waals surface area contributed by atoms with Gasteiger partial charge in [-0.3, -0.25) is 9.59 Å². The molecular formula is C30H28FNO4. The quantitative estimate of drug-likeness (QED) is 0.250. The molecule has 4 aromatic rings. The highest BCUT2D eigenvalue weighted by molar-refractivity contribution is 5.99. The van der Waals surface area contributed by atoms with Gasteiger partial charge in [-0.05, 0) is 47.9 Å². The Balaban J connectivity index is 1.53. The molecule has 6 heteroatoms. The topological polar surface area (TPSA) is 59.8 Å². The van der Waals surface area contributed by atoms with Crippen molar-refractivity contribution in [1.29, 1.82) is 0 Å². The van der Waals surface area contributed by atoms with Gasteiger partial charge in [0.05, 0.1) is 23.6 Å². The molecule has 0 saturated heterocycles. The maximum atomic E-state index is 14.0. The lowest BCUT2D eigenvalue weighted by Gasteiger charge is -2.25. The van der Waals surface area contributed by atoms with E-state index in [1.165, 1.54) is 25.0 Å². The third-order valence-corrected chi connectivity index (χ3v) is 6.59. The molecule has 0 fully saturated rings. The van der Waals surface area contributed by atoms with E-state index in [0.29, 0.717) is 13.2 Å². The lowest BCUT2D eigenvalue weighted by Crippen LogP contribution is -2.29. The average Bonchev–Trinajstić information content (AvgIpc) is 3.17. The van der Waals surface area contributed by atoms with Crippen LogP contribution in [0.3, 0.4) is 0 Å². The fraction of sp³-hybridized carbons (Fsp3) is 0.267. The molecule has 0 saturated carbocycles. The number of unbranched alkanes of at least 4 members (excludes halogenated alkanes) is 3. The maximum absolute atomic E-state index is 14.0. The largest absolute Gasteiger partial charge is 0.494 e. The van der Waals surface area contributed by atoms with Crippen molar-refractivity contribution in [2.24, 2.45) is 0 Å². The monoisotopic (exact) mass is 485 g/mol. The van der Waals surface area contributed by atoms with Crippen molar-refractivity contribution in [2.45, 2.75) is 45.2 Å². The molecule has 0 aliphatic carbocycles. The minimum absolute atomic E-state index is 0.0105. The Labute approximate surface area is 209 Å². The molecule has 0 spiro atoms. The third kappa shape index (κ3) is 4.63. The van der Waals surface area contributed by atoms with Crippen LogP contribution in [0.2, 0.25) is 0 Å². The van der Waals surface area contributed by atoms with Gasteiger partial charge in [0.2, 0.25) is 5.76 Å². The fourth-order valence-electron chi connectivity index (χ4n) is 4.75.